The minimum Gasteiger partial charge on any atom is -0.279 e. The van der Waals surface area contributed by atoms with Gasteiger partial charge in [0.15, 0.2) is 5.13 Å². The lowest BCUT2D eigenvalue weighted by Crippen LogP contribution is -2.30. The highest BCUT2D eigenvalue weighted by Gasteiger charge is 2.25. The molecule has 0 saturated heterocycles. The lowest BCUT2D eigenvalue weighted by atomic mass is 10.2. The fourth-order valence-corrected chi connectivity index (χ4v) is 6.15. The number of aryl methyl sites for hydroxylation is 1. The molecule has 2 aromatic heterocycles. The first kappa shape index (κ1) is 24.6. The summed E-state index contributed by atoms with van der Waals surface area (Å²) in [5, 5.41) is 0.565. The average Bonchev–Trinajstić information content (AvgIpc) is 3.35. The van der Waals surface area contributed by atoms with E-state index in [1.165, 1.54) is 34.8 Å². The number of carbonyl (C=O) groups is 1. The van der Waals surface area contributed by atoms with Crippen LogP contribution in [0.3, 0.4) is 0 Å². The highest BCUT2D eigenvalue weighted by atomic mass is 32.2. The number of anilines is 2. The highest BCUT2D eigenvalue weighted by molar-refractivity contribution is 7.92. The van der Waals surface area contributed by atoms with Crippen molar-refractivity contribution in [2.24, 2.45) is 0 Å². The molecule has 0 aliphatic rings. The van der Waals surface area contributed by atoms with Gasteiger partial charge in [0.25, 0.3) is 15.9 Å². The van der Waals surface area contributed by atoms with E-state index in [0.717, 1.165) is 21.3 Å². The van der Waals surface area contributed by atoms with Gasteiger partial charge < -0.3 is 0 Å². The van der Waals surface area contributed by atoms with Crippen molar-refractivity contribution in [2.45, 2.75) is 18.4 Å². The molecular weight excluding hydrogens is 504 g/mol. The van der Waals surface area contributed by atoms with Gasteiger partial charge in [-0.15, -0.1) is 0 Å². The first-order valence-electron chi connectivity index (χ1n) is 11.5. The molecule has 2 heterocycles. The highest BCUT2D eigenvalue weighted by Crippen LogP contribution is 2.32. The van der Waals surface area contributed by atoms with Crippen LogP contribution < -0.4 is 9.21 Å². The van der Waals surface area contributed by atoms with E-state index in [0.29, 0.717) is 16.4 Å². The third-order valence-electron chi connectivity index (χ3n) is 5.95. The number of hydrogen-bond acceptors (Lipinski definition) is 6. The number of fused-ring (bicyclic) bond motifs is 1. The number of carbonyl (C=O) groups excluding carboxylic acids is 1. The Morgan fingerprint density at radius 3 is 2.41 bits per heavy atom. The average molecular weight is 529 g/mol. The van der Waals surface area contributed by atoms with E-state index in [4.69, 9.17) is 4.98 Å². The standard InChI is InChI=1S/C28H24N4O3S2/c1-20-10-15-25-26(17-20)36-28(30-25)32(19-21-7-6-16-29-18-21)27(33)22-11-13-24(14-12-22)37(34,35)31(2)23-8-4-3-5-9-23/h3-18H,19H2,1-2H3. The maximum Gasteiger partial charge on any atom is 0.264 e. The largest absolute Gasteiger partial charge is 0.279 e. The summed E-state index contributed by atoms with van der Waals surface area (Å²) in [5.74, 6) is -0.278. The Labute approximate surface area is 219 Å². The zero-order valence-electron chi connectivity index (χ0n) is 20.3. The van der Waals surface area contributed by atoms with Gasteiger partial charge in [0.05, 0.1) is 27.3 Å². The van der Waals surface area contributed by atoms with Crippen molar-refractivity contribution >= 4 is 48.3 Å². The Balaban J connectivity index is 1.47. The van der Waals surface area contributed by atoms with Gasteiger partial charge in [-0.1, -0.05) is 41.7 Å². The molecule has 0 spiro atoms. The minimum atomic E-state index is -3.79. The Hall–Kier alpha value is -4.08. The second-order valence-electron chi connectivity index (χ2n) is 8.55. The molecular formula is C28H24N4O3S2. The number of hydrogen-bond donors (Lipinski definition) is 0. The number of amides is 1. The van der Waals surface area contributed by atoms with E-state index in [1.54, 1.807) is 53.7 Å². The molecule has 5 rings (SSSR count). The van der Waals surface area contributed by atoms with Crippen molar-refractivity contribution in [1.82, 2.24) is 9.97 Å². The van der Waals surface area contributed by atoms with Gasteiger partial charge in [0.1, 0.15) is 0 Å². The number of pyridine rings is 1. The molecule has 1 amide bonds. The van der Waals surface area contributed by atoms with Crippen molar-refractivity contribution in [1.29, 1.82) is 0 Å². The Morgan fingerprint density at radius 2 is 1.70 bits per heavy atom. The summed E-state index contributed by atoms with van der Waals surface area (Å²) < 4.78 is 28.5. The summed E-state index contributed by atoms with van der Waals surface area (Å²) >= 11 is 1.44. The number of sulfonamides is 1. The Kier molecular flexibility index (Phi) is 6.73. The summed E-state index contributed by atoms with van der Waals surface area (Å²) in [4.78, 5) is 24.3. The molecule has 0 aliphatic carbocycles. The molecule has 0 bridgehead atoms. The van der Waals surface area contributed by atoms with E-state index >= 15 is 0 Å². The topological polar surface area (TPSA) is 83.5 Å². The molecule has 0 radical (unpaired) electrons. The van der Waals surface area contributed by atoms with Crippen LogP contribution in [0, 0.1) is 6.92 Å². The lowest BCUT2D eigenvalue weighted by Gasteiger charge is -2.21. The molecule has 186 valence electrons. The van der Waals surface area contributed by atoms with Crippen molar-refractivity contribution in [3.05, 3.63) is 114 Å². The number of para-hydroxylation sites is 1. The third kappa shape index (κ3) is 5.09. The smallest absolute Gasteiger partial charge is 0.264 e. The Morgan fingerprint density at radius 1 is 0.946 bits per heavy atom. The maximum absolute atomic E-state index is 13.7. The molecule has 9 heteroatoms. The van der Waals surface area contributed by atoms with Crippen LogP contribution in [0.25, 0.3) is 10.2 Å². The fourth-order valence-electron chi connectivity index (χ4n) is 3.90. The molecule has 37 heavy (non-hydrogen) atoms. The molecule has 0 aliphatic heterocycles. The summed E-state index contributed by atoms with van der Waals surface area (Å²) in [6.45, 7) is 2.30. The van der Waals surface area contributed by atoms with Crippen molar-refractivity contribution in [3.63, 3.8) is 0 Å². The lowest BCUT2D eigenvalue weighted by molar-refractivity contribution is 0.0985. The van der Waals surface area contributed by atoms with Crippen molar-refractivity contribution < 1.29 is 13.2 Å². The quantitative estimate of drug-likeness (QED) is 0.272. The van der Waals surface area contributed by atoms with E-state index < -0.39 is 10.0 Å². The number of nitrogens with zero attached hydrogens (tertiary/aromatic N) is 4. The predicted molar refractivity (Wildman–Crippen MR) is 148 cm³/mol. The maximum atomic E-state index is 13.7. The van der Waals surface area contributed by atoms with Gasteiger partial charge in [-0.25, -0.2) is 13.4 Å². The second kappa shape index (κ2) is 10.1. The summed E-state index contributed by atoms with van der Waals surface area (Å²) in [6.07, 6.45) is 3.40. The summed E-state index contributed by atoms with van der Waals surface area (Å²) in [7, 11) is -2.28. The molecule has 0 unspecified atom stereocenters. The van der Waals surface area contributed by atoms with Crippen LogP contribution in [0.15, 0.2) is 102 Å². The first-order chi connectivity index (χ1) is 17.8. The summed E-state index contributed by atoms with van der Waals surface area (Å²) in [6, 6.07) is 24.6. The van der Waals surface area contributed by atoms with Crippen LogP contribution in [0.4, 0.5) is 10.8 Å². The molecule has 0 saturated carbocycles. The molecule has 0 atom stereocenters. The van der Waals surface area contributed by atoms with Crippen LogP contribution >= 0.6 is 11.3 Å². The minimum absolute atomic E-state index is 0.102. The second-order valence-corrected chi connectivity index (χ2v) is 11.5. The SMILES string of the molecule is Cc1ccc2nc(N(Cc3cccnc3)C(=O)c3ccc(S(=O)(=O)N(C)c4ccccc4)cc3)sc2c1. The van der Waals surface area contributed by atoms with E-state index in [9.17, 15) is 13.2 Å². The number of rotatable bonds is 7. The molecule has 7 nitrogen and oxygen atoms in total. The van der Waals surface area contributed by atoms with E-state index in [-0.39, 0.29) is 17.3 Å². The third-order valence-corrected chi connectivity index (χ3v) is 8.79. The van der Waals surface area contributed by atoms with E-state index in [2.05, 4.69) is 4.98 Å². The van der Waals surface area contributed by atoms with Crippen LogP contribution in [-0.2, 0) is 16.6 Å². The van der Waals surface area contributed by atoms with Gasteiger partial charge >= 0.3 is 0 Å². The van der Waals surface area contributed by atoms with Gasteiger partial charge in [-0.2, -0.15) is 0 Å². The fraction of sp³-hybridized carbons (Fsp3) is 0.107. The zero-order valence-corrected chi connectivity index (χ0v) is 21.9. The summed E-state index contributed by atoms with van der Waals surface area (Å²) in [5.41, 5.74) is 3.71. The monoisotopic (exact) mass is 528 g/mol. The van der Waals surface area contributed by atoms with Crippen LogP contribution in [0.5, 0.6) is 0 Å². The van der Waals surface area contributed by atoms with Crippen LogP contribution in [0.2, 0.25) is 0 Å². The molecule has 3 aromatic carbocycles. The van der Waals surface area contributed by atoms with Gasteiger partial charge in [-0.3, -0.25) is 19.0 Å². The zero-order chi connectivity index (χ0) is 26.0. The molecule has 0 fully saturated rings. The van der Waals surface area contributed by atoms with Crippen LogP contribution in [-0.4, -0.2) is 31.3 Å². The van der Waals surface area contributed by atoms with Gasteiger partial charge in [-0.05, 0) is 72.6 Å². The molecule has 0 N–H and O–H groups in total. The van der Waals surface area contributed by atoms with Crippen molar-refractivity contribution in [3.8, 4) is 0 Å². The number of thiazole rings is 1. The predicted octanol–water partition coefficient (Wildman–Crippen LogP) is 5.67. The number of aromatic nitrogens is 2. The molecule has 5 aromatic rings. The van der Waals surface area contributed by atoms with Crippen molar-refractivity contribution in [2.75, 3.05) is 16.3 Å². The first-order valence-corrected chi connectivity index (χ1v) is 13.8. The van der Waals surface area contributed by atoms with Crippen LogP contribution in [0.1, 0.15) is 21.5 Å². The number of benzene rings is 3. The van der Waals surface area contributed by atoms with Gasteiger partial charge in [0, 0.05) is 25.0 Å². The Bertz CT molecular complexity index is 1650. The van der Waals surface area contributed by atoms with E-state index in [1.807, 2.05) is 43.3 Å². The van der Waals surface area contributed by atoms with Gasteiger partial charge in [0.2, 0.25) is 0 Å². The normalized spacial score (nSPS) is 11.4.